The second-order valence-corrected chi connectivity index (χ2v) is 5.38. The molecule has 0 fully saturated rings. The fourth-order valence-corrected chi connectivity index (χ4v) is 2.34. The summed E-state index contributed by atoms with van der Waals surface area (Å²) < 4.78 is 0.833. The summed E-state index contributed by atoms with van der Waals surface area (Å²) in [5.41, 5.74) is 6.69. The van der Waals surface area contributed by atoms with Gasteiger partial charge in [0.1, 0.15) is 5.75 Å². The Morgan fingerprint density at radius 2 is 2.00 bits per heavy atom. The monoisotopic (exact) mass is 327 g/mol. The van der Waals surface area contributed by atoms with E-state index in [1.807, 2.05) is 6.07 Å². The minimum absolute atomic E-state index is 0. The molecule has 0 unspecified atom stereocenters. The third-order valence-electron chi connectivity index (χ3n) is 2.18. The van der Waals surface area contributed by atoms with Crippen LogP contribution in [0, 0.1) is 5.92 Å². The summed E-state index contributed by atoms with van der Waals surface area (Å²) in [5, 5.41) is 10.1. The molecule has 0 aliphatic rings. The van der Waals surface area contributed by atoms with Crippen molar-refractivity contribution in [2.75, 3.05) is 0 Å². The maximum Gasteiger partial charge on any atom is 0.139 e. The van der Waals surface area contributed by atoms with Crippen molar-refractivity contribution in [3.63, 3.8) is 0 Å². The van der Waals surface area contributed by atoms with Crippen molar-refractivity contribution in [1.29, 1.82) is 0 Å². The summed E-state index contributed by atoms with van der Waals surface area (Å²) in [6, 6.07) is 3.29. The van der Waals surface area contributed by atoms with Crippen molar-refractivity contribution >= 4 is 39.9 Å². The Bertz CT molecular complexity index is 358. The summed E-state index contributed by atoms with van der Waals surface area (Å²) in [4.78, 5) is 0. The molecule has 0 radical (unpaired) electrons. The Balaban J connectivity index is 0.00000225. The smallest absolute Gasteiger partial charge is 0.139 e. The van der Waals surface area contributed by atoms with E-state index in [0.29, 0.717) is 16.5 Å². The van der Waals surface area contributed by atoms with Gasteiger partial charge < -0.3 is 10.8 Å². The van der Waals surface area contributed by atoms with Gasteiger partial charge in [0.15, 0.2) is 0 Å². The summed E-state index contributed by atoms with van der Waals surface area (Å²) >= 11 is 9.19. The third-order valence-corrected chi connectivity index (χ3v) is 2.93. The number of hydrogen-bond acceptors (Lipinski definition) is 2. The van der Waals surface area contributed by atoms with Crippen LogP contribution in [0.5, 0.6) is 5.75 Å². The molecule has 0 amide bonds. The minimum atomic E-state index is -0.181. The molecular weight excluding hydrogens is 313 g/mol. The average Bonchev–Trinajstić information content (AvgIpc) is 2.09. The second-order valence-electron chi connectivity index (χ2n) is 4.06. The second kappa shape index (κ2) is 6.70. The lowest BCUT2D eigenvalue weighted by molar-refractivity contribution is 0.445. The molecule has 1 aromatic rings. The fourth-order valence-electron chi connectivity index (χ4n) is 1.50. The highest BCUT2D eigenvalue weighted by Crippen LogP contribution is 2.35. The Morgan fingerprint density at radius 3 is 2.50 bits per heavy atom. The topological polar surface area (TPSA) is 46.2 Å². The molecule has 92 valence electrons. The Hall–Kier alpha value is 0.0400. The molecule has 0 heterocycles. The SMILES string of the molecule is CC(C)C[C@@H](N)c1cc(Br)cc(Cl)c1O.Cl. The van der Waals surface area contributed by atoms with Crippen molar-refractivity contribution in [2.45, 2.75) is 26.3 Å². The molecule has 0 saturated carbocycles. The van der Waals surface area contributed by atoms with Crippen LogP contribution in [0.1, 0.15) is 31.9 Å². The van der Waals surface area contributed by atoms with Crippen molar-refractivity contribution in [1.82, 2.24) is 0 Å². The quantitative estimate of drug-likeness (QED) is 0.870. The molecule has 0 aromatic heterocycles. The fraction of sp³-hybridized carbons (Fsp3) is 0.455. The number of hydrogen-bond donors (Lipinski definition) is 2. The Morgan fingerprint density at radius 1 is 1.44 bits per heavy atom. The van der Waals surface area contributed by atoms with Crippen LogP contribution in [-0.2, 0) is 0 Å². The van der Waals surface area contributed by atoms with E-state index in [2.05, 4.69) is 29.8 Å². The molecule has 2 nitrogen and oxygen atoms in total. The standard InChI is InChI=1S/C11H15BrClNO.ClH/c1-6(2)3-10(14)8-4-7(12)5-9(13)11(8)15;/h4-6,10,15H,3,14H2,1-2H3;1H/t10-;/m1./s1. The first-order valence-corrected chi connectivity index (χ1v) is 6.02. The van der Waals surface area contributed by atoms with Gasteiger partial charge in [-0.25, -0.2) is 0 Å². The van der Waals surface area contributed by atoms with Crippen LogP contribution >= 0.6 is 39.9 Å². The van der Waals surface area contributed by atoms with Crippen molar-refractivity contribution < 1.29 is 5.11 Å². The number of benzene rings is 1. The predicted octanol–water partition coefficient (Wildman–Crippen LogP) is 4.28. The number of rotatable bonds is 3. The molecule has 0 bridgehead atoms. The first-order valence-electron chi connectivity index (χ1n) is 4.85. The maximum atomic E-state index is 9.77. The van der Waals surface area contributed by atoms with Crippen molar-refractivity contribution in [2.24, 2.45) is 11.7 Å². The van der Waals surface area contributed by atoms with Gasteiger partial charge in [0, 0.05) is 16.1 Å². The highest BCUT2D eigenvalue weighted by Gasteiger charge is 2.15. The molecular formula is C11H16BrCl2NO. The van der Waals surface area contributed by atoms with Crippen LogP contribution in [0.25, 0.3) is 0 Å². The zero-order valence-corrected chi connectivity index (χ0v) is 12.4. The highest BCUT2D eigenvalue weighted by molar-refractivity contribution is 9.10. The highest BCUT2D eigenvalue weighted by atomic mass is 79.9. The summed E-state index contributed by atoms with van der Waals surface area (Å²) in [7, 11) is 0. The van der Waals surface area contributed by atoms with E-state index in [9.17, 15) is 5.11 Å². The Kier molecular flexibility index (Phi) is 6.71. The molecule has 3 N–H and O–H groups in total. The maximum absolute atomic E-state index is 9.77. The molecule has 1 aromatic carbocycles. The van der Waals surface area contributed by atoms with Gasteiger partial charge >= 0.3 is 0 Å². The molecule has 0 saturated heterocycles. The Labute approximate surface area is 116 Å². The summed E-state index contributed by atoms with van der Waals surface area (Å²) in [6.45, 7) is 4.19. The lowest BCUT2D eigenvalue weighted by Crippen LogP contribution is -2.13. The normalized spacial score (nSPS) is 12.4. The number of halogens is 3. The van der Waals surface area contributed by atoms with E-state index < -0.39 is 0 Å². The van der Waals surface area contributed by atoms with E-state index in [1.54, 1.807) is 6.07 Å². The molecule has 0 spiro atoms. The molecule has 0 aliphatic carbocycles. The average molecular weight is 329 g/mol. The van der Waals surface area contributed by atoms with Crippen LogP contribution in [0.15, 0.2) is 16.6 Å². The molecule has 5 heteroatoms. The van der Waals surface area contributed by atoms with E-state index in [-0.39, 0.29) is 24.2 Å². The largest absolute Gasteiger partial charge is 0.506 e. The summed E-state index contributed by atoms with van der Waals surface area (Å²) in [5.74, 6) is 0.574. The number of nitrogens with two attached hydrogens (primary N) is 1. The van der Waals surface area contributed by atoms with Crippen LogP contribution < -0.4 is 5.73 Å². The lowest BCUT2D eigenvalue weighted by atomic mass is 9.97. The number of phenolic OH excluding ortho intramolecular Hbond substituents is 1. The predicted molar refractivity (Wildman–Crippen MR) is 74.4 cm³/mol. The van der Waals surface area contributed by atoms with Crippen molar-refractivity contribution in [3.8, 4) is 5.75 Å². The van der Waals surface area contributed by atoms with Crippen LogP contribution in [0.3, 0.4) is 0 Å². The minimum Gasteiger partial charge on any atom is -0.506 e. The van der Waals surface area contributed by atoms with Gasteiger partial charge in [-0.1, -0.05) is 41.4 Å². The molecule has 1 rings (SSSR count). The number of aromatic hydroxyl groups is 1. The van der Waals surface area contributed by atoms with Gasteiger partial charge in [-0.15, -0.1) is 12.4 Å². The zero-order chi connectivity index (χ0) is 11.6. The molecule has 1 atom stereocenters. The van der Waals surface area contributed by atoms with Crippen LogP contribution in [-0.4, -0.2) is 5.11 Å². The van der Waals surface area contributed by atoms with Gasteiger partial charge in [0.2, 0.25) is 0 Å². The van der Waals surface area contributed by atoms with Crippen molar-refractivity contribution in [3.05, 3.63) is 27.2 Å². The van der Waals surface area contributed by atoms with E-state index in [4.69, 9.17) is 17.3 Å². The molecule has 0 aliphatic heterocycles. The zero-order valence-electron chi connectivity index (χ0n) is 9.21. The summed E-state index contributed by atoms with van der Waals surface area (Å²) in [6.07, 6.45) is 0.820. The van der Waals surface area contributed by atoms with Gasteiger partial charge in [0.25, 0.3) is 0 Å². The number of phenols is 1. The lowest BCUT2D eigenvalue weighted by Gasteiger charge is -2.16. The van der Waals surface area contributed by atoms with Gasteiger partial charge in [-0.2, -0.15) is 0 Å². The van der Waals surface area contributed by atoms with Gasteiger partial charge in [-0.3, -0.25) is 0 Å². The van der Waals surface area contributed by atoms with E-state index in [1.165, 1.54) is 0 Å². The van der Waals surface area contributed by atoms with Gasteiger partial charge in [-0.05, 0) is 24.5 Å². The van der Waals surface area contributed by atoms with Gasteiger partial charge in [0.05, 0.1) is 5.02 Å². The third kappa shape index (κ3) is 4.13. The van der Waals surface area contributed by atoms with E-state index in [0.717, 1.165) is 10.9 Å². The first kappa shape index (κ1) is 16.0. The first-order chi connectivity index (χ1) is 6.91. The van der Waals surface area contributed by atoms with Crippen LogP contribution in [0.2, 0.25) is 5.02 Å². The molecule has 16 heavy (non-hydrogen) atoms. The van der Waals surface area contributed by atoms with Crippen LogP contribution in [0.4, 0.5) is 0 Å². The van der Waals surface area contributed by atoms with E-state index >= 15 is 0 Å².